The molecule has 3 aliphatic rings. The Morgan fingerprint density at radius 1 is 1.09 bits per heavy atom. The molecular weight excluding hydrogens is 432 g/mol. The first-order valence-corrected chi connectivity index (χ1v) is 12.0. The van der Waals surface area contributed by atoms with Gasteiger partial charge in [0.15, 0.2) is 0 Å². The van der Waals surface area contributed by atoms with Crippen molar-refractivity contribution in [2.24, 2.45) is 17.3 Å². The molecular formula is C27H30N2O5. The van der Waals surface area contributed by atoms with Gasteiger partial charge in [-0.05, 0) is 47.4 Å². The summed E-state index contributed by atoms with van der Waals surface area (Å²) in [6.45, 7) is 3.27. The summed E-state index contributed by atoms with van der Waals surface area (Å²) in [5.41, 5.74) is 3.88. The van der Waals surface area contributed by atoms with Crippen LogP contribution in [0.15, 0.2) is 48.5 Å². The SMILES string of the molecule is CCC1(C(=O)O)CCN(C(=O)C2CC2CNC(=O)OCC2c3ccccc3-c3ccccc32)C1. The minimum absolute atomic E-state index is 0.0101. The molecule has 7 heteroatoms. The molecule has 2 fully saturated rings. The first-order chi connectivity index (χ1) is 16.4. The lowest BCUT2D eigenvalue weighted by Crippen LogP contribution is -2.37. The number of carboxylic acids is 1. The van der Waals surface area contributed by atoms with Crippen molar-refractivity contribution in [3.63, 3.8) is 0 Å². The van der Waals surface area contributed by atoms with Crippen molar-refractivity contribution in [3.8, 4) is 11.1 Å². The van der Waals surface area contributed by atoms with E-state index in [4.69, 9.17) is 4.74 Å². The van der Waals surface area contributed by atoms with Crippen LogP contribution >= 0.6 is 0 Å². The number of rotatable bonds is 7. The second-order valence-electron chi connectivity index (χ2n) is 9.76. The summed E-state index contributed by atoms with van der Waals surface area (Å²) in [5.74, 6) is -0.869. The van der Waals surface area contributed by atoms with E-state index >= 15 is 0 Å². The van der Waals surface area contributed by atoms with Crippen molar-refractivity contribution >= 4 is 18.0 Å². The molecule has 3 unspecified atom stereocenters. The number of carbonyl (C=O) groups is 3. The number of likely N-dealkylation sites (tertiary alicyclic amines) is 1. The van der Waals surface area contributed by atoms with E-state index in [0.29, 0.717) is 32.4 Å². The van der Waals surface area contributed by atoms with Crippen LogP contribution < -0.4 is 5.32 Å². The maximum Gasteiger partial charge on any atom is 0.407 e. The Morgan fingerprint density at radius 3 is 2.32 bits per heavy atom. The van der Waals surface area contributed by atoms with Crippen LogP contribution in [0.1, 0.15) is 43.2 Å². The summed E-state index contributed by atoms with van der Waals surface area (Å²) in [5, 5.41) is 12.4. The van der Waals surface area contributed by atoms with Crippen LogP contribution in [0.4, 0.5) is 4.79 Å². The number of aliphatic carboxylic acids is 1. The van der Waals surface area contributed by atoms with Gasteiger partial charge in [-0.1, -0.05) is 55.5 Å². The molecule has 178 valence electrons. The summed E-state index contributed by atoms with van der Waals surface area (Å²) >= 11 is 0. The van der Waals surface area contributed by atoms with Crippen LogP contribution in [-0.2, 0) is 14.3 Å². The van der Waals surface area contributed by atoms with Gasteiger partial charge in [-0.2, -0.15) is 0 Å². The number of alkyl carbamates (subject to hydrolysis) is 1. The lowest BCUT2D eigenvalue weighted by Gasteiger charge is -2.23. The molecule has 2 aromatic carbocycles. The molecule has 1 saturated heterocycles. The molecule has 1 saturated carbocycles. The minimum Gasteiger partial charge on any atom is -0.481 e. The van der Waals surface area contributed by atoms with E-state index in [1.165, 1.54) is 22.3 Å². The molecule has 1 aliphatic heterocycles. The van der Waals surface area contributed by atoms with Crippen LogP contribution in [-0.4, -0.2) is 54.2 Å². The Bertz CT molecular complexity index is 1090. The summed E-state index contributed by atoms with van der Waals surface area (Å²) < 4.78 is 5.57. The molecule has 2 amide bonds. The van der Waals surface area contributed by atoms with Crippen molar-refractivity contribution < 1.29 is 24.2 Å². The molecule has 0 spiro atoms. The quantitative estimate of drug-likeness (QED) is 0.651. The summed E-state index contributed by atoms with van der Waals surface area (Å²) in [6.07, 6.45) is 1.26. The maximum atomic E-state index is 12.8. The standard InChI is InChI=1S/C27H30N2O5/c1-2-27(25(31)32)11-12-29(16-27)24(30)22-13-17(22)14-28-26(33)34-15-23-20-9-5-3-7-18(20)19-8-4-6-10-21(19)23/h3-10,17,22-23H,2,11-16H2,1H3,(H,28,33)(H,31,32). The number of amides is 2. The van der Waals surface area contributed by atoms with Gasteiger partial charge < -0.3 is 20.1 Å². The van der Waals surface area contributed by atoms with E-state index in [1.54, 1.807) is 4.90 Å². The van der Waals surface area contributed by atoms with Crippen LogP contribution in [0.3, 0.4) is 0 Å². The van der Waals surface area contributed by atoms with E-state index in [-0.39, 0.29) is 36.8 Å². The number of fused-ring (bicyclic) bond motifs is 3. The number of nitrogens with zero attached hydrogens (tertiary/aromatic N) is 1. The Balaban J connectivity index is 1.10. The van der Waals surface area contributed by atoms with Gasteiger partial charge in [0.2, 0.25) is 5.91 Å². The molecule has 3 atom stereocenters. The summed E-state index contributed by atoms with van der Waals surface area (Å²) in [7, 11) is 0. The number of hydrogen-bond donors (Lipinski definition) is 2. The number of hydrogen-bond acceptors (Lipinski definition) is 4. The predicted molar refractivity (Wildman–Crippen MR) is 126 cm³/mol. The molecule has 5 rings (SSSR count). The number of carboxylic acid groups (broad SMARTS) is 1. The van der Waals surface area contributed by atoms with Crippen molar-refractivity contribution in [3.05, 3.63) is 59.7 Å². The molecule has 2 aromatic rings. The highest BCUT2D eigenvalue weighted by atomic mass is 16.5. The average Bonchev–Trinajstić information content (AvgIpc) is 3.37. The first-order valence-electron chi connectivity index (χ1n) is 12.0. The monoisotopic (exact) mass is 462 g/mol. The Kier molecular flexibility index (Phi) is 5.80. The number of benzene rings is 2. The van der Waals surface area contributed by atoms with Gasteiger partial charge >= 0.3 is 12.1 Å². The average molecular weight is 463 g/mol. The number of ether oxygens (including phenoxy) is 1. The number of nitrogens with one attached hydrogen (secondary N) is 1. The highest BCUT2D eigenvalue weighted by Crippen LogP contribution is 2.45. The molecule has 0 aromatic heterocycles. The van der Waals surface area contributed by atoms with Crippen LogP contribution in [0.25, 0.3) is 11.1 Å². The molecule has 7 nitrogen and oxygen atoms in total. The van der Waals surface area contributed by atoms with Crippen molar-refractivity contribution in [2.45, 2.75) is 32.1 Å². The zero-order valence-corrected chi connectivity index (χ0v) is 19.3. The first kappa shape index (κ1) is 22.4. The van der Waals surface area contributed by atoms with Gasteiger partial charge in [0, 0.05) is 31.5 Å². The second-order valence-corrected chi connectivity index (χ2v) is 9.76. The summed E-state index contributed by atoms with van der Waals surface area (Å²) in [6, 6.07) is 16.4. The zero-order valence-electron chi connectivity index (χ0n) is 19.3. The van der Waals surface area contributed by atoms with E-state index in [0.717, 1.165) is 0 Å². The van der Waals surface area contributed by atoms with E-state index < -0.39 is 17.5 Å². The van der Waals surface area contributed by atoms with Crippen LogP contribution in [0, 0.1) is 17.3 Å². The minimum atomic E-state index is -0.824. The Labute approximate surface area is 199 Å². The van der Waals surface area contributed by atoms with Gasteiger partial charge in [-0.3, -0.25) is 9.59 Å². The molecule has 2 aliphatic carbocycles. The fourth-order valence-electron chi connectivity index (χ4n) is 5.55. The largest absolute Gasteiger partial charge is 0.481 e. The fourth-order valence-corrected chi connectivity index (χ4v) is 5.55. The smallest absolute Gasteiger partial charge is 0.407 e. The van der Waals surface area contributed by atoms with Gasteiger partial charge in [-0.15, -0.1) is 0 Å². The third-order valence-corrected chi connectivity index (χ3v) is 7.89. The normalized spacial score (nSPS) is 24.9. The topological polar surface area (TPSA) is 95.9 Å². The maximum absolute atomic E-state index is 12.8. The fraction of sp³-hybridized carbons (Fsp3) is 0.444. The van der Waals surface area contributed by atoms with Crippen LogP contribution in [0.2, 0.25) is 0 Å². The number of carbonyl (C=O) groups excluding carboxylic acids is 2. The van der Waals surface area contributed by atoms with E-state index in [9.17, 15) is 19.5 Å². The van der Waals surface area contributed by atoms with Gasteiger partial charge in [0.1, 0.15) is 6.61 Å². The molecule has 34 heavy (non-hydrogen) atoms. The summed E-state index contributed by atoms with van der Waals surface area (Å²) in [4.78, 5) is 38.5. The molecule has 1 heterocycles. The lowest BCUT2D eigenvalue weighted by molar-refractivity contribution is -0.148. The van der Waals surface area contributed by atoms with Gasteiger partial charge in [0.25, 0.3) is 0 Å². The van der Waals surface area contributed by atoms with Crippen LogP contribution in [0.5, 0.6) is 0 Å². The van der Waals surface area contributed by atoms with E-state index in [1.807, 2.05) is 31.2 Å². The van der Waals surface area contributed by atoms with Crippen molar-refractivity contribution in [2.75, 3.05) is 26.2 Å². The Morgan fingerprint density at radius 2 is 1.74 bits per heavy atom. The molecule has 0 bridgehead atoms. The molecule has 2 N–H and O–H groups in total. The van der Waals surface area contributed by atoms with E-state index in [2.05, 4.69) is 29.6 Å². The highest BCUT2D eigenvalue weighted by Gasteiger charge is 2.50. The molecule has 0 radical (unpaired) electrons. The van der Waals surface area contributed by atoms with Gasteiger partial charge in [-0.25, -0.2) is 4.79 Å². The second kappa shape index (κ2) is 8.78. The zero-order chi connectivity index (χ0) is 23.9. The highest BCUT2D eigenvalue weighted by molar-refractivity contribution is 5.84. The lowest BCUT2D eigenvalue weighted by atomic mass is 9.84. The van der Waals surface area contributed by atoms with Crippen molar-refractivity contribution in [1.29, 1.82) is 0 Å². The van der Waals surface area contributed by atoms with Gasteiger partial charge in [0.05, 0.1) is 5.41 Å². The predicted octanol–water partition coefficient (Wildman–Crippen LogP) is 3.87. The Hall–Kier alpha value is -3.35. The third-order valence-electron chi connectivity index (χ3n) is 7.89. The van der Waals surface area contributed by atoms with Crippen molar-refractivity contribution in [1.82, 2.24) is 10.2 Å². The third kappa shape index (κ3) is 3.93.